The van der Waals surface area contributed by atoms with Crippen LogP contribution in [0, 0.1) is 13.8 Å². The monoisotopic (exact) mass is 378 g/mol. The van der Waals surface area contributed by atoms with Gasteiger partial charge >= 0.3 is 0 Å². The highest BCUT2D eigenvalue weighted by Gasteiger charge is 2.23. The van der Waals surface area contributed by atoms with E-state index in [1.165, 1.54) is 5.69 Å². The van der Waals surface area contributed by atoms with Gasteiger partial charge in [-0.15, -0.1) is 0 Å². The van der Waals surface area contributed by atoms with Crippen molar-refractivity contribution in [2.75, 3.05) is 31.1 Å². The molecule has 0 bridgehead atoms. The van der Waals surface area contributed by atoms with Gasteiger partial charge in [-0.1, -0.05) is 13.8 Å². The predicted octanol–water partition coefficient (Wildman–Crippen LogP) is 3.93. The maximum absolute atomic E-state index is 13.0. The molecule has 4 rings (SSSR count). The van der Waals surface area contributed by atoms with E-state index in [1.54, 1.807) is 0 Å². The van der Waals surface area contributed by atoms with Crippen molar-refractivity contribution in [3.8, 4) is 0 Å². The number of oxazole rings is 1. The van der Waals surface area contributed by atoms with Gasteiger partial charge in [0.2, 0.25) is 0 Å². The molecule has 1 amide bonds. The number of nitrogens with zero attached hydrogens (tertiary/aromatic N) is 4. The molecule has 28 heavy (non-hydrogen) atoms. The first-order valence-electron chi connectivity index (χ1n) is 9.81. The van der Waals surface area contributed by atoms with E-state index in [2.05, 4.69) is 27.0 Å². The van der Waals surface area contributed by atoms with Crippen LogP contribution in [0.1, 0.15) is 47.4 Å². The van der Waals surface area contributed by atoms with Gasteiger partial charge in [0.25, 0.3) is 5.91 Å². The van der Waals surface area contributed by atoms with Crippen LogP contribution in [0.25, 0.3) is 11.1 Å². The number of aryl methyl sites for hydroxylation is 2. The molecule has 0 radical (unpaired) electrons. The van der Waals surface area contributed by atoms with Gasteiger partial charge in [-0.3, -0.25) is 9.78 Å². The van der Waals surface area contributed by atoms with E-state index in [0.29, 0.717) is 24.5 Å². The summed E-state index contributed by atoms with van der Waals surface area (Å²) in [5.41, 5.74) is 5.37. The highest BCUT2D eigenvalue weighted by Crippen LogP contribution is 2.23. The summed E-state index contributed by atoms with van der Waals surface area (Å²) in [6, 6.07) is 9.74. The van der Waals surface area contributed by atoms with Gasteiger partial charge in [-0.25, -0.2) is 4.98 Å². The van der Waals surface area contributed by atoms with Crippen molar-refractivity contribution in [3.63, 3.8) is 0 Å². The maximum atomic E-state index is 13.0. The summed E-state index contributed by atoms with van der Waals surface area (Å²) in [5.74, 6) is 0.981. The third-order valence-corrected chi connectivity index (χ3v) is 5.14. The fraction of sp³-hybridized carbons (Fsp3) is 0.409. The second kappa shape index (κ2) is 7.26. The van der Waals surface area contributed by atoms with Gasteiger partial charge in [-0.2, -0.15) is 0 Å². The molecule has 1 fully saturated rings. The molecule has 146 valence electrons. The number of benzene rings is 1. The number of hydrogen-bond acceptors (Lipinski definition) is 5. The van der Waals surface area contributed by atoms with Crippen LogP contribution in [0.15, 0.2) is 34.7 Å². The minimum atomic E-state index is 0.0535. The van der Waals surface area contributed by atoms with Crippen molar-refractivity contribution in [2.45, 2.75) is 33.6 Å². The van der Waals surface area contributed by atoms with Crippen molar-refractivity contribution in [1.29, 1.82) is 0 Å². The minimum Gasteiger partial charge on any atom is -0.440 e. The molecule has 1 aliphatic rings. The SMILES string of the molecule is Cc1cc(N2CCN(C(=O)c3ccc4oc(C(C)C)nc4c3)CC2)cc(C)n1. The lowest BCUT2D eigenvalue weighted by Crippen LogP contribution is -2.48. The van der Waals surface area contributed by atoms with E-state index in [4.69, 9.17) is 4.42 Å². The molecule has 2 aromatic heterocycles. The lowest BCUT2D eigenvalue weighted by atomic mass is 10.1. The third-order valence-electron chi connectivity index (χ3n) is 5.14. The van der Waals surface area contributed by atoms with E-state index >= 15 is 0 Å². The summed E-state index contributed by atoms with van der Waals surface area (Å²) in [6.45, 7) is 11.2. The van der Waals surface area contributed by atoms with Crippen molar-refractivity contribution in [2.24, 2.45) is 0 Å². The molecule has 0 aliphatic carbocycles. The van der Waals surface area contributed by atoms with Crippen LogP contribution in [0.2, 0.25) is 0 Å². The lowest BCUT2D eigenvalue weighted by molar-refractivity contribution is 0.0747. The van der Waals surface area contributed by atoms with Crippen molar-refractivity contribution in [3.05, 3.63) is 53.2 Å². The molecule has 0 N–H and O–H groups in total. The molecule has 6 heteroatoms. The summed E-state index contributed by atoms with van der Waals surface area (Å²) >= 11 is 0. The second-order valence-corrected chi connectivity index (χ2v) is 7.78. The average Bonchev–Trinajstić information content (AvgIpc) is 3.10. The highest BCUT2D eigenvalue weighted by molar-refractivity contribution is 5.97. The smallest absolute Gasteiger partial charge is 0.254 e. The molecule has 3 heterocycles. The Bertz CT molecular complexity index is 996. The maximum Gasteiger partial charge on any atom is 0.254 e. The van der Waals surface area contributed by atoms with Crippen molar-refractivity contribution >= 4 is 22.7 Å². The number of carbonyl (C=O) groups is 1. The van der Waals surface area contributed by atoms with E-state index in [1.807, 2.05) is 50.8 Å². The second-order valence-electron chi connectivity index (χ2n) is 7.78. The van der Waals surface area contributed by atoms with Crippen LogP contribution in [-0.2, 0) is 0 Å². The average molecular weight is 378 g/mol. The predicted molar refractivity (Wildman–Crippen MR) is 110 cm³/mol. The van der Waals surface area contributed by atoms with Crippen LogP contribution >= 0.6 is 0 Å². The van der Waals surface area contributed by atoms with Gasteiger partial charge in [0.1, 0.15) is 5.52 Å². The molecule has 0 unspecified atom stereocenters. The molecule has 6 nitrogen and oxygen atoms in total. The van der Waals surface area contributed by atoms with Crippen LogP contribution in [0.3, 0.4) is 0 Å². The Labute approximate surface area is 165 Å². The number of piperazine rings is 1. The van der Waals surface area contributed by atoms with Gasteiger partial charge in [0.05, 0.1) is 0 Å². The zero-order valence-electron chi connectivity index (χ0n) is 16.9. The molecule has 0 atom stereocenters. The topological polar surface area (TPSA) is 62.5 Å². The first-order valence-corrected chi connectivity index (χ1v) is 9.81. The molecule has 1 aromatic carbocycles. The summed E-state index contributed by atoms with van der Waals surface area (Å²) in [7, 11) is 0. The number of rotatable bonds is 3. The Morgan fingerprint density at radius 2 is 1.68 bits per heavy atom. The lowest BCUT2D eigenvalue weighted by Gasteiger charge is -2.36. The van der Waals surface area contributed by atoms with Crippen LogP contribution < -0.4 is 4.90 Å². The fourth-order valence-electron chi connectivity index (χ4n) is 3.67. The summed E-state index contributed by atoms with van der Waals surface area (Å²) in [4.78, 5) is 26.2. The van der Waals surface area contributed by atoms with Gasteiger partial charge in [0, 0.05) is 54.7 Å². The van der Waals surface area contributed by atoms with Crippen LogP contribution in [0.4, 0.5) is 5.69 Å². The zero-order valence-corrected chi connectivity index (χ0v) is 16.9. The van der Waals surface area contributed by atoms with Gasteiger partial charge in [0.15, 0.2) is 11.5 Å². The molecule has 1 aliphatic heterocycles. The molecule has 1 saturated heterocycles. The molecule has 0 saturated carbocycles. The first kappa shape index (κ1) is 18.5. The van der Waals surface area contributed by atoms with E-state index < -0.39 is 0 Å². The fourth-order valence-corrected chi connectivity index (χ4v) is 3.67. The van der Waals surface area contributed by atoms with Crippen molar-refractivity contribution in [1.82, 2.24) is 14.9 Å². The number of hydrogen-bond donors (Lipinski definition) is 0. The van der Waals surface area contributed by atoms with Crippen LogP contribution in [-0.4, -0.2) is 47.0 Å². The largest absolute Gasteiger partial charge is 0.440 e. The third kappa shape index (κ3) is 3.59. The Hall–Kier alpha value is -2.89. The molecular formula is C22H26N4O2. The van der Waals surface area contributed by atoms with E-state index in [9.17, 15) is 4.79 Å². The number of amides is 1. The number of fused-ring (bicyclic) bond motifs is 1. The summed E-state index contributed by atoms with van der Waals surface area (Å²) in [6.07, 6.45) is 0. The quantitative estimate of drug-likeness (QED) is 0.691. The van der Waals surface area contributed by atoms with Crippen molar-refractivity contribution < 1.29 is 9.21 Å². The zero-order chi connectivity index (χ0) is 19.8. The molecule has 0 spiro atoms. The normalized spacial score (nSPS) is 14.9. The standard InChI is InChI=1S/C22H26N4O2/c1-14(2)21-24-19-13-17(5-6-20(19)28-21)22(27)26-9-7-25(8-10-26)18-11-15(3)23-16(4)12-18/h5-6,11-14H,7-10H2,1-4H3. The Morgan fingerprint density at radius 3 is 2.32 bits per heavy atom. The molecule has 3 aromatic rings. The Kier molecular flexibility index (Phi) is 4.79. The van der Waals surface area contributed by atoms with Gasteiger partial charge in [-0.05, 0) is 44.2 Å². The van der Waals surface area contributed by atoms with E-state index in [0.717, 1.165) is 35.6 Å². The molecular weight excluding hydrogens is 352 g/mol. The first-order chi connectivity index (χ1) is 13.4. The summed E-state index contributed by atoms with van der Waals surface area (Å²) < 4.78 is 5.74. The number of anilines is 1. The van der Waals surface area contributed by atoms with E-state index in [-0.39, 0.29) is 11.8 Å². The Balaban J connectivity index is 1.47. The summed E-state index contributed by atoms with van der Waals surface area (Å²) in [5, 5.41) is 0. The Morgan fingerprint density at radius 1 is 1.00 bits per heavy atom. The number of pyridine rings is 1. The van der Waals surface area contributed by atoms with Gasteiger partial charge < -0.3 is 14.2 Å². The number of aromatic nitrogens is 2. The highest BCUT2D eigenvalue weighted by atomic mass is 16.3. The number of carbonyl (C=O) groups excluding carboxylic acids is 1. The van der Waals surface area contributed by atoms with Crippen LogP contribution in [0.5, 0.6) is 0 Å². The minimum absolute atomic E-state index is 0.0535.